The molecule has 5 heteroatoms. The van der Waals surface area contributed by atoms with Crippen molar-refractivity contribution < 1.29 is 19.4 Å². The Labute approximate surface area is 89.0 Å². The predicted octanol–water partition coefficient (Wildman–Crippen LogP) is -1.14. The molecule has 0 aromatic carbocycles. The van der Waals surface area contributed by atoms with Gasteiger partial charge in [0, 0.05) is 13.1 Å². The molecule has 0 aromatic rings. The third-order valence-electron chi connectivity index (χ3n) is 1.97. The van der Waals surface area contributed by atoms with Crippen molar-refractivity contribution in [2.24, 2.45) is 0 Å². The highest BCUT2D eigenvalue weighted by atomic mass is 16.5. The van der Waals surface area contributed by atoms with Gasteiger partial charge in [0.2, 0.25) is 0 Å². The third-order valence-corrected chi connectivity index (χ3v) is 1.97. The first kappa shape index (κ1) is 12.0. The molecule has 1 heterocycles. The van der Waals surface area contributed by atoms with Crippen LogP contribution in [0.15, 0.2) is 0 Å². The number of aliphatic hydroxyl groups excluding tert-OH is 1. The molecule has 5 nitrogen and oxygen atoms in total. The molecule has 1 aliphatic rings. The van der Waals surface area contributed by atoms with Crippen LogP contribution >= 0.6 is 0 Å². The summed E-state index contributed by atoms with van der Waals surface area (Å²) in [5.41, 5.74) is 0. The minimum Gasteiger partial charge on any atom is -0.451 e. The fourth-order valence-corrected chi connectivity index (χ4v) is 1.14. The molecule has 0 saturated carbocycles. The molecule has 0 radical (unpaired) electrons. The van der Waals surface area contributed by atoms with E-state index in [9.17, 15) is 4.79 Å². The molecule has 1 fully saturated rings. The van der Waals surface area contributed by atoms with Gasteiger partial charge in [0.05, 0.1) is 19.8 Å². The van der Waals surface area contributed by atoms with Gasteiger partial charge >= 0.3 is 5.97 Å². The Hall–Kier alpha value is -1.09. The molecule has 0 spiro atoms. The summed E-state index contributed by atoms with van der Waals surface area (Å²) in [6.45, 7) is 3.41. The fourth-order valence-electron chi connectivity index (χ4n) is 1.14. The largest absolute Gasteiger partial charge is 0.451 e. The number of rotatable bonds is 3. The Balaban J connectivity index is 2.07. The van der Waals surface area contributed by atoms with Crippen molar-refractivity contribution in [2.75, 3.05) is 46.1 Å². The number of esters is 1. The predicted molar refractivity (Wildman–Crippen MR) is 53.1 cm³/mol. The standard InChI is InChI=1S/C10H15NO4/c12-9-10(13)15-6-2-1-3-11-4-7-14-8-5-11/h12H,3-9H2. The molecule has 15 heavy (non-hydrogen) atoms. The number of hydrogen-bond donors (Lipinski definition) is 1. The van der Waals surface area contributed by atoms with Crippen LogP contribution in [0.25, 0.3) is 0 Å². The van der Waals surface area contributed by atoms with E-state index in [-0.39, 0.29) is 6.61 Å². The maximum absolute atomic E-state index is 10.5. The number of carbonyl (C=O) groups is 1. The maximum atomic E-state index is 10.5. The van der Waals surface area contributed by atoms with E-state index in [0.29, 0.717) is 6.54 Å². The zero-order chi connectivity index (χ0) is 10.9. The highest BCUT2D eigenvalue weighted by molar-refractivity contribution is 5.70. The van der Waals surface area contributed by atoms with Gasteiger partial charge in [-0.3, -0.25) is 4.90 Å². The van der Waals surface area contributed by atoms with Crippen molar-refractivity contribution in [1.82, 2.24) is 4.90 Å². The highest BCUT2D eigenvalue weighted by Gasteiger charge is 2.07. The van der Waals surface area contributed by atoms with E-state index in [1.165, 1.54) is 0 Å². The van der Waals surface area contributed by atoms with Crippen LogP contribution in [0.2, 0.25) is 0 Å². The van der Waals surface area contributed by atoms with Crippen LogP contribution in [0.4, 0.5) is 0 Å². The second-order valence-corrected chi connectivity index (χ2v) is 3.06. The summed E-state index contributed by atoms with van der Waals surface area (Å²) in [5.74, 6) is 4.96. The van der Waals surface area contributed by atoms with Gasteiger partial charge in [-0.15, -0.1) is 0 Å². The Morgan fingerprint density at radius 2 is 2.13 bits per heavy atom. The molecule has 1 saturated heterocycles. The summed E-state index contributed by atoms with van der Waals surface area (Å²) < 4.78 is 9.76. The molecule has 0 aromatic heterocycles. The molecule has 0 bridgehead atoms. The quantitative estimate of drug-likeness (QED) is 0.474. The van der Waals surface area contributed by atoms with Crippen LogP contribution in [0.1, 0.15) is 0 Å². The molecule has 1 rings (SSSR count). The Kier molecular flexibility index (Phi) is 5.78. The Bertz CT molecular complexity index is 250. The number of carbonyl (C=O) groups excluding carboxylic acids is 1. The van der Waals surface area contributed by atoms with Crippen LogP contribution in [0.5, 0.6) is 0 Å². The third kappa shape index (κ3) is 5.37. The normalized spacial score (nSPS) is 16.6. The minimum absolute atomic E-state index is 0.0454. The SMILES string of the molecule is O=C(CO)OCC#CCN1CCOCC1. The average molecular weight is 213 g/mol. The van der Waals surface area contributed by atoms with Gasteiger partial charge < -0.3 is 14.6 Å². The van der Waals surface area contributed by atoms with Crippen LogP contribution in [-0.4, -0.2) is 62.0 Å². The first-order valence-electron chi connectivity index (χ1n) is 4.85. The lowest BCUT2D eigenvalue weighted by Crippen LogP contribution is -2.36. The van der Waals surface area contributed by atoms with Crippen molar-refractivity contribution >= 4 is 5.97 Å². The molecular formula is C10H15NO4. The first-order valence-corrected chi connectivity index (χ1v) is 4.85. The molecule has 84 valence electrons. The molecule has 0 atom stereocenters. The van der Waals surface area contributed by atoms with Gasteiger partial charge in [0.1, 0.15) is 6.61 Å². The summed E-state index contributed by atoms with van der Waals surface area (Å²) in [6.07, 6.45) is 0. The lowest BCUT2D eigenvalue weighted by molar-refractivity contribution is -0.145. The lowest BCUT2D eigenvalue weighted by atomic mass is 10.4. The summed E-state index contributed by atoms with van der Waals surface area (Å²) in [7, 11) is 0. The number of ether oxygens (including phenoxy) is 2. The van der Waals surface area contributed by atoms with E-state index in [1.807, 2.05) is 0 Å². The topological polar surface area (TPSA) is 59.0 Å². The lowest BCUT2D eigenvalue weighted by Gasteiger charge is -2.24. The Morgan fingerprint density at radius 1 is 1.40 bits per heavy atom. The van der Waals surface area contributed by atoms with E-state index in [4.69, 9.17) is 9.84 Å². The smallest absolute Gasteiger partial charge is 0.332 e. The van der Waals surface area contributed by atoms with Gasteiger partial charge in [-0.05, 0) is 0 Å². The van der Waals surface area contributed by atoms with Gasteiger partial charge in [-0.1, -0.05) is 11.8 Å². The van der Waals surface area contributed by atoms with E-state index >= 15 is 0 Å². The summed E-state index contributed by atoms with van der Waals surface area (Å²) in [5, 5.41) is 8.35. The van der Waals surface area contributed by atoms with Crippen molar-refractivity contribution in [1.29, 1.82) is 0 Å². The molecule has 0 amide bonds. The zero-order valence-electron chi connectivity index (χ0n) is 8.57. The minimum atomic E-state index is -0.643. The van der Waals surface area contributed by atoms with Crippen molar-refractivity contribution in [3.8, 4) is 11.8 Å². The summed E-state index contributed by atoms with van der Waals surface area (Å²) in [4.78, 5) is 12.7. The average Bonchev–Trinajstić information content (AvgIpc) is 2.29. The van der Waals surface area contributed by atoms with E-state index in [2.05, 4.69) is 21.5 Å². The van der Waals surface area contributed by atoms with Crippen molar-refractivity contribution in [2.45, 2.75) is 0 Å². The second kappa shape index (κ2) is 7.23. The van der Waals surface area contributed by atoms with Crippen molar-refractivity contribution in [3.05, 3.63) is 0 Å². The van der Waals surface area contributed by atoms with Crippen LogP contribution in [0.3, 0.4) is 0 Å². The number of morpholine rings is 1. The fraction of sp³-hybridized carbons (Fsp3) is 0.700. The van der Waals surface area contributed by atoms with Gasteiger partial charge in [-0.2, -0.15) is 0 Å². The molecular weight excluding hydrogens is 198 g/mol. The second-order valence-electron chi connectivity index (χ2n) is 3.06. The van der Waals surface area contributed by atoms with Gasteiger partial charge in [0.25, 0.3) is 0 Å². The van der Waals surface area contributed by atoms with Crippen LogP contribution < -0.4 is 0 Å². The van der Waals surface area contributed by atoms with E-state index in [0.717, 1.165) is 26.3 Å². The number of hydrogen-bond acceptors (Lipinski definition) is 5. The number of nitrogens with zero attached hydrogens (tertiary/aromatic N) is 1. The number of aliphatic hydroxyl groups is 1. The van der Waals surface area contributed by atoms with Crippen LogP contribution in [-0.2, 0) is 14.3 Å². The zero-order valence-corrected chi connectivity index (χ0v) is 8.57. The summed E-state index contributed by atoms with van der Waals surface area (Å²) in [6, 6.07) is 0. The molecule has 0 aliphatic carbocycles. The molecule has 1 aliphatic heterocycles. The van der Waals surface area contributed by atoms with E-state index < -0.39 is 12.6 Å². The maximum Gasteiger partial charge on any atom is 0.332 e. The van der Waals surface area contributed by atoms with Crippen LogP contribution in [0, 0.1) is 11.8 Å². The summed E-state index contributed by atoms with van der Waals surface area (Å²) >= 11 is 0. The van der Waals surface area contributed by atoms with Crippen molar-refractivity contribution in [3.63, 3.8) is 0 Å². The highest BCUT2D eigenvalue weighted by Crippen LogP contribution is 1.94. The van der Waals surface area contributed by atoms with E-state index in [1.54, 1.807) is 0 Å². The molecule has 1 N–H and O–H groups in total. The van der Waals surface area contributed by atoms with Gasteiger partial charge in [0.15, 0.2) is 6.61 Å². The Morgan fingerprint density at radius 3 is 2.80 bits per heavy atom. The first-order chi connectivity index (χ1) is 7.33. The monoisotopic (exact) mass is 213 g/mol. The molecule has 0 unspecified atom stereocenters. The van der Waals surface area contributed by atoms with Gasteiger partial charge in [-0.25, -0.2) is 4.79 Å².